The zero-order valence-electron chi connectivity index (χ0n) is 13.6. The molecule has 0 aliphatic heterocycles. The van der Waals surface area contributed by atoms with E-state index in [2.05, 4.69) is 0 Å². The summed E-state index contributed by atoms with van der Waals surface area (Å²) in [5.41, 5.74) is 0. The fourth-order valence-corrected chi connectivity index (χ4v) is 4.38. The Bertz CT molecular complexity index is 660. The van der Waals surface area contributed by atoms with Crippen LogP contribution in [0.15, 0.2) is 54.6 Å². The Morgan fingerprint density at radius 2 is 1.55 bits per heavy atom. The summed E-state index contributed by atoms with van der Waals surface area (Å²) >= 11 is 0. The lowest BCUT2D eigenvalue weighted by Crippen LogP contribution is -2.27. The number of benzene rings is 2. The first-order chi connectivity index (χ1) is 10.4. The van der Waals surface area contributed by atoms with Gasteiger partial charge in [0.1, 0.15) is 11.5 Å². The van der Waals surface area contributed by atoms with Crippen molar-refractivity contribution in [1.82, 2.24) is 0 Å². The number of hydrogen-bond acceptors (Lipinski definition) is 3. The number of para-hydroxylation sites is 2. The Kier molecular flexibility index (Phi) is 4.97. The molecule has 0 bridgehead atoms. The van der Waals surface area contributed by atoms with E-state index in [1.807, 2.05) is 82.3 Å². The van der Waals surface area contributed by atoms with E-state index in [1.54, 1.807) is 0 Å². The molecule has 0 aliphatic rings. The molecule has 0 saturated heterocycles. The molecule has 4 heteroatoms. The van der Waals surface area contributed by atoms with Crippen LogP contribution in [-0.2, 0) is 4.57 Å². The minimum atomic E-state index is -3.17. The Morgan fingerprint density at radius 3 is 2.14 bits per heavy atom. The van der Waals surface area contributed by atoms with Gasteiger partial charge in [-0.3, -0.25) is 4.57 Å². The second-order valence-corrected chi connectivity index (χ2v) is 9.14. The van der Waals surface area contributed by atoms with Crippen molar-refractivity contribution in [2.75, 3.05) is 6.61 Å². The molecule has 0 radical (unpaired) electrons. The molecule has 118 valence electrons. The van der Waals surface area contributed by atoms with Gasteiger partial charge in [0.15, 0.2) is 0 Å². The number of rotatable bonds is 5. The third-order valence-corrected chi connectivity index (χ3v) is 6.58. The predicted octanol–water partition coefficient (Wildman–Crippen LogP) is 4.87. The maximum atomic E-state index is 13.8. The molecule has 2 aromatic carbocycles. The van der Waals surface area contributed by atoms with E-state index in [0.717, 1.165) is 0 Å². The summed E-state index contributed by atoms with van der Waals surface area (Å²) in [6, 6.07) is 16.7. The minimum Gasteiger partial charge on any atom is -0.493 e. The minimum absolute atomic E-state index is 0.520. The van der Waals surface area contributed by atoms with Crippen molar-refractivity contribution in [1.29, 1.82) is 0 Å². The van der Waals surface area contributed by atoms with Crippen LogP contribution >= 0.6 is 7.37 Å². The third-order valence-electron chi connectivity index (χ3n) is 3.34. The molecule has 0 N–H and O–H groups in total. The maximum absolute atomic E-state index is 13.8. The summed E-state index contributed by atoms with van der Waals surface area (Å²) in [6.45, 7) is 8.22. The summed E-state index contributed by atoms with van der Waals surface area (Å²) in [7, 11) is -3.17. The van der Waals surface area contributed by atoms with E-state index < -0.39 is 12.5 Å². The van der Waals surface area contributed by atoms with Crippen LogP contribution in [0.4, 0.5) is 0 Å². The van der Waals surface area contributed by atoms with E-state index in [-0.39, 0.29) is 0 Å². The molecule has 3 nitrogen and oxygen atoms in total. The van der Waals surface area contributed by atoms with E-state index in [4.69, 9.17) is 9.26 Å². The molecule has 1 unspecified atom stereocenters. The van der Waals surface area contributed by atoms with Gasteiger partial charge in [0.2, 0.25) is 0 Å². The Morgan fingerprint density at radius 1 is 0.955 bits per heavy atom. The molecule has 2 rings (SSSR count). The second-order valence-electron chi connectivity index (χ2n) is 6.03. The molecule has 1 atom stereocenters. The lowest BCUT2D eigenvalue weighted by Gasteiger charge is -2.32. The summed E-state index contributed by atoms with van der Waals surface area (Å²) in [4.78, 5) is 0. The van der Waals surface area contributed by atoms with Crippen LogP contribution in [-0.4, -0.2) is 11.8 Å². The standard InChI is InChI=1S/C18H23O3P/c1-5-20-16-13-9-10-14-17(16)22(19,18(2,3)4)21-15-11-7-6-8-12-15/h6-14H,5H2,1-4H3. The van der Waals surface area contributed by atoms with Gasteiger partial charge in [-0.25, -0.2) is 0 Å². The average Bonchev–Trinajstić information content (AvgIpc) is 2.48. The van der Waals surface area contributed by atoms with E-state index in [9.17, 15) is 4.57 Å². The Balaban J connectivity index is 2.54. The van der Waals surface area contributed by atoms with Crippen molar-refractivity contribution in [3.05, 3.63) is 54.6 Å². The van der Waals surface area contributed by atoms with Crippen LogP contribution in [0.1, 0.15) is 27.7 Å². The van der Waals surface area contributed by atoms with Crippen molar-refractivity contribution in [3.63, 3.8) is 0 Å². The van der Waals surface area contributed by atoms with E-state index in [1.165, 1.54) is 0 Å². The predicted molar refractivity (Wildman–Crippen MR) is 91.7 cm³/mol. The van der Waals surface area contributed by atoms with Crippen LogP contribution in [0.3, 0.4) is 0 Å². The van der Waals surface area contributed by atoms with Crippen LogP contribution in [0.5, 0.6) is 11.5 Å². The van der Waals surface area contributed by atoms with Gasteiger partial charge in [-0.2, -0.15) is 0 Å². The van der Waals surface area contributed by atoms with E-state index in [0.29, 0.717) is 23.4 Å². The second kappa shape index (κ2) is 6.58. The zero-order valence-corrected chi connectivity index (χ0v) is 14.5. The van der Waals surface area contributed by atoms with Crippen LogP contribution in [0.2, 0.25) is 0 Å². The molecule has 0 aliphatic carbocycles. The highest BCUT2D eigenvalue weighted by Crippen LogP contribution is 2.58. The molecule has 0 amide bonds. The van der Waals surface area contributed by atoms with Gasteiger partial charge in [0, 0.05) is 0 Å². The van der Waals surface area contributed by atoms with Crippen molar-refractivity contribution < 1.29 is 13.8 Å². The van der Waals surface area contributed by atoms with Gasteiger partial charge in [-0.05, 0) is 52.0 Å². The normalized spacial score (nSPS) is 14.2. The van der Waals surface area contributed by atoms with Crippen LogP contribution < -0.4 is 14.6 Å². The molecule has 22 heavy (non-hydrogen) atoms. The molecule has 0 fully saturated rings. The summed E-state index contributed by atoms with van der Waals surface area (Å²) in [5, 5.41) is 0.0870. The summed E-state index contributed by atoms with van der Waals surface area (Å²) in [5.74, 6) is 1.23. The van der Waals surface area contributed by atoms with E-state index >= 15 is 0 Å². The summed E-state index contributed by atoms with van der Waals surface area (Å²) in [6.07, 6.45) is 0. The van der Waals surface area contributed by atoms with Gasteiger partial charge < -0.3 is 9.26 Å². The first-order valence-electron chi connectivity index (χ1n) is 7.45. The van der Waals surface area contributed by atoms with Crippen LogP contribution in [0.25, 0.3) is 0 Å². The SMILES string of the molecule is CCOc1ccccc1P(=O)(Oc1ccccc1)C(C)(C)C. The fourth-order valence-electron chi connectivity index (χ4n) is 2.16. The van der Waals surface area contributed by atoms with Gasteiger partial charge >= 0.3 is 0 Å². The lowest BCUT2D eigenvalue weighted by atomic mass is 10.3. The van der Waals surface area contributed by atoms with Gasteiger partial charge in [0.05, 0.1) is 17.1 Å². The Hall–Kier alpha value is -1.73. The van der Waals surface area contributed by atoms with Gasteiger partial charge in [-0.1, -0.05) is 30.3 Å². The highest BCUT2D eigenvalue weighted by molar-refractivity contribution is 7.69. The molecule has 0 aromatic heterocycles. The van der Waals surface area contributed by atoms with Crippen molar-refractivity contribution in [2.45, 2.75) is 32.9 Å². The van der Waals surface area contributed by atoms with Gasteiger partial charge in [-0.15, -0.1) is 0 Å². The first-order valence-corrected chi connectivity index (χ1v) is 9.08. The molecule has 2 aromatic rings. The summed E-state index contributed by atoms with van der Waals surface area (Å²) < 4.78 is 25.5. The molecule has 0 saturated carbocycles. The highest BCUT2D eigenvalue weighted by atomic mass is 31.2. The average molecular weight is 318 g/mol. The Labute approximate surface area is 132 Å². The van der Waals surface area contributed by atoms with Gasteiger partial charge in [0.25, 0.3) is 7.37 Å². The lowest BCUT2D eigenvalue weighted by molar-refractivity contribution is 0.342. The highest BCUT2D eigenvalue weighted by Gasteiger charge is 2.43. The van der Waals surface area contributed by atoms with Crippen molar-refractivity contribution in [3.8, 4) is 11.5 Å². The third kappa shape index (κ3) is 3.36. The zero-order chi connectivity index (χ0) is 16.2. The molecule has 0 spiro atoms. The monoisotopic (exact) mass is 318 g/mol. The largest absolute Gasteiger partial charge is 0.493 e. The van der Waals surface area contributed by atoms with Crippen LogP contribution in [0, 0.1) is 0 Å². The molecular formula is C18H23O3P. The molecule has 0 heterocycles. The maximum Gasteiger partial charge on any atom is 0.286 e. The van der Waals surface area contributed by atoms with Crippen molar-refractivity contribution in [2.24, 2.45) is 0 Å². The number of hydrogen-bond donors (Lipinski definition) is 0. The smallest absolute Gasteiger partial charge is 0.286 e. The molecular weight excluding hydrogens is 295 g/mol. The fraction of sp³-hybridized carbons (Fsp3) is 0.333. The topological polar surface area (TPSA) is 35.5 Å². The quantitative estimate of drug-likeness (QED) is 0.738. The first kappa shape index (κ1) is 16.6. The van der Waals surface area contributed by atoms with Crippen molar-refractivity contribution >= 4 is 12.7 Å². The number of ether oxygens (including phenoxy) is 1.